The first kappa shape index (κ1) is 16.6. The molecule has 25 heavy (non-hydrogen) atoms. The van der Waals surface area contributed by atoms with Crippen molar-refractivity contribution in [1.29, 1.82) is 10.5 Å². The Morgan fingerprint density at radius 2 is 2.00 bits per heavy atom. The van der Waals surface area contributed by atoms with Crippen molar-refractivity contribution in [2.45, 2.75) is 18.9 Å². The number of carbonyl (C=O) groups is 1. The van der Waals surface area contributed by atoms with E-state index in [0.29, 0.717) is 48.4 Å². The SMILES string of the molecule is N#Cc1cc(C(=O)Nc2ccc(N3CCC(O)CC3)c(C#N)c2)c[nH]1. The lowest BCUT2D eigenvalue weighted by Crippen LogP contribution is -2.36. The number of nitriles is 2. The number of rotatable bonds is 3. The van der Waals surface area contributed by atoms with Crippen molar-refractivity contribution in [3.8, 4) is 12.1 Å². The van der Waals surface area contributed by atoms with Gasteiger partial charge in [0.1, 0.15) is 17.8 Å². The van der Waals surface area contributed by atoms with Gasteiger partial charge in [0, 0.05) is 25.0 Å². The zero-order valence-electron chi connectivity index (χ0n) is 13.5. The summed E-state index contributed by atoms with van der Waals surface area (Å²) < 4.78 is 0. The van der Waals surface area contributed by atoms with Crippen molar-refractivity contribution >= 4 is 17.3 Å². The largest absolute Gasteiger partial charge is 0.393 e. The molecule has 7 heteroatoms. The van der Waals surface area contributed by atoms with Crippen LogP contribution in [0.3, 0.4) is 0 Å². The van der Waals surface area contributed by atoms with Crippen LogP contribution in [0.5, 0.6) is 0 Å². The molecule has 1 aliphatic rings. The monoisotopic (exact) mass is 335 g/mol. The minimum absolute atomic E-state index is 0.278. The van der Waals surface area contributed by atoms with E-state index in [1.807, 2.05) is 12.1 Å². The molecule has 1 amide bonds. The molecule has 3 N–H and O–H groups in total. The van der Waals surface area contributed by atoms with Crippen LogP contribution in [-0.4, -0.2) is 35.2 Å². The van der Waals surface area contributed by atoms with Crippen LogP contribution in [0.2, 0.25) is 0 Å². The smallest absolute Gasteiger partial charge is 0.257 e. The average Bonchev–Trinajstić information content (AvgIpc) is 3.12. The van der Waals surface area contributed by atoms with Gasteiger partial charge >= 0.3 is 0 Å². The molecule has 0 aliphatic carbocycles. The topological polar surface area (TPSA) is 116 Å². The number of amides is 1. The fourth-order valence-corrected chi connectivity index (χ4v) is 2.88. The van der Waals surface area contributed by atoms with Gasteiger partial charge in [0.25, 0.3) is 5.91 Å². The summed E-state index contributed by atoms with van der Waals surface area (Å²) in [5.41, 5.74) is 2.46. The Kier molecular flexibility index (Phi) is 4.69. The number of aromatic nitrogens is 1. The third-order valence-electron chi connectivity index (χ3n) is 4.25. The van der Waals surface area contributed by atoms with Crippen molar-refractivity contribution in [2.75, 3.05) is 23.3 Å². The molecule has 0 atom stereocenters. The molecule has 1 fully saturated rings. The summed E-state index contributed by atoms with van der Waals surface area (Å²) in [4.78, 5) is 17.0. The highest BCUT2D eigenvalue weighted by atomic mass is 16.3. The number of hydrogen-bond acceptors (Lipinski definition) is 5. The van der Waals surface area contributed by atoms with Crippen LogP contribution in [0.25, 0.3) is 0 Å². The van der Waals surface area contributed by atoms with E-state index in [1.54, 1.807) is 12.1 Å². The zero-order valence-corrected chi connectivity index (χ0v) is 13.5. The normalized spacial score (nSPS) is 14.6. The Bertz CT molecular complexity index is 866. The number of benzene rings is 1. The molecule has 1 aromatic heterocycles. The molecule has 1 aliphatic heterocycles. The van der Waals surface area contributed by atoms with Gasteiger partial charge in [0.2, 0.25) is 0 Å². The Hall–Kier alpha value is -3.29. The van der Waals surface area contributed by atoms with Gasteiger partial charge in [-0.15, -0.1) is 0 Å². The number of H-pyrrole nitrogens is 1. The second-order valence-corrected chi connectivity index (χ2v) is 5.93. The zero-order chi connectivity index (χ0) is 17.8. The lowest BCUT2D eigenvalue weighted by molar-refractivity contribution is 0.102. The Balaban J connectivity index is 1.76. The molecule has 2 aromatic rings. The number of piperidine rings is 1. The molecule has 0 spiro atoms. The number of carbonyl (C=O) groups excluding carboxylic acids is 1. The fourth-order valence-electron chi connectivity index (χ4n) is 2.88. The standard InChI is InChI=1S/C18H17N5O2/c19-9-12-7-14(22-18(25)13-8-15(10-20)21-11-13)1-2-17(12)23-5-3-16(24)4-6-23/h1-2,7-8,11,16,21,24H,3-6H2,(H,22,25). The number of nitrogens with zero attached hydrogens (tertiary/aromatic N) is 3. The molecule has 1 aromatic carbocycles. The summed E-state index contributed by atoms with van der Waals surface area (Å²) in [6, 6.07) is 10.8. The van der Waals surface area contributed by atoms with Crippen LogP contribution < -0.4 is 10.2 Å². The van der Waals surface area contributed by atoms with E-state index in [2.05, 4.69) is 21.3 Å². The van der Waals surface area contributed by atoms with Crippen LogP contribution in [0.4, 0.5) is 11.4 Å². The van der Waals surface area contributed by atoms with Crippen molar-refractivity contribution in [3.05, 3.63) is 47.3 Å². The van der Waals surface area contributed by atoms with Crippen LogP contribution in [0, 0.1) is 22.7 Å². The van der Waals surface area contributed by atoms with Crippen LogP contribution >= 0.6 is 0 Å². The Morgan fingerprint density at radius 1 is 1.24 bits per heavy atom. The van der Waals surface area contributed by atoms with Crippen molar-refractivity contribution in [1.82, 2.24) is 4.98 Å². The maximum Gasteiger partial charge on any atom is 0.257 e. The van der Waals surface area contributed by atoms with Gasteiger partial charge in [-0.1, -0.05) is 0 Å². The van der Waals surface area contributed by atoms with Crippen molar-refractivity contribution < 1.29 is 9.90 Å². The molecule has 1 saturated heterocycles. The van der Waals surface area contributed by atoms with E-state index < -0.39 is 0 Å². The molecule has 0 radical (unpaired) electrons. The van der Waals surface area contributed by atoms with Gasteiger partial charge < -0.3 is 20.3 Å². The van der Waals surface area contributed by atoms with Crippen LogP contribution in [-0.2, 0) is 0 Å². The number of aliphatic hydroxyl groups is 1. The maximum atomic E-state index is 12.2. The van der Waals surface area contributed by atoms with E-state index >= 15 is 0 Å². The summed E-state index contributed by atoms with van der Waals surface area (Å²) in [5.74, 6) is -0.351. The molecule has 2 heterocycles. The predicted octanol–water partition coefficient (Wildman–Crippen LogP) is 1.97. The molecule has 0 bridgehead atoms. The molecule has 0 saturated carbocycles. The molecule has 7 nitrogen and oxygen atoms in total. The third kappa shape index (κ3) is 3.63. The van der Waals surface area contributed by atoms with E-state index in [0.717, 1.165) is 5.69 Å². The van der Waals surface area contributed by atoms with E-state index in [9.17, 15) is 15.2 Å². The minimum Gasteiger partial charge on any atom is -0.393 e. The summed E-state index contributed by atoms with van der Waals surface area (Å²) in [7, 11) is 0. The first-order chi connectivity index (χ1) is 12.1. The average molecular weight is 335 g/mol. The first-order valence-corrected chi connectivity index (χ1v) is 7.97. The first-order valence-electron chi connectivity index (χ1n) is 7.97. The summed E-state index contributed by atoms with van der Waals surface area (Å²) in [6.07, 6.45) is 2.54. The highest BCUT2D eigenvalue weighted by Crippen LogP contribution is 2.27. The highest BCUT2D eigenvalue weighted by Gasteiger charge is 2.20. The predicted molar refractivity (Wildman–Crippen MR) is 92.1 cm³/mol. The second kappa shape index (κ2) is 7.08. The lowest BCUT2D eigenvalue weighted by Gasteiger charge is -2.32. The number of hydrogen-bond donors (Lipinski definition) is 3. The quantitative estimate of drug-likeness (QED) is 0.793. The molecule has 0 unspecified atom stereocenters. The number of nitrogens with one attached hydrogen (secondary N) is 2. The molecule has 3 rings (SSSR count). The number of anilines is 2. The highest BCUT2D eigenvalue weighted by molar-refractivity contribution is 6.04. The summed E-state index contributed by atoms with van der Waals surface area (Å²) in [5, 5.41) is 30.6. The number of aliphatic hydroxyl groups excluding tert-OH is 1. The molecule has 126 valence electrons. The van der Waals surface area contributed by atoms with Gasteiger partial charge in [0.15, 0.2) is 0 Å². The lowest BCUT2D eigenvalue weighted by atomic mass is 10.0. The van der Waals surface area contributed by atoms with Gasteiger partial charge in [-0.3, -0.25) is 4.79 Å². The minimum atomic E-state index is -0.351. The van der Waals surface area contributed by atoms with Crippen molar-refractivity contribution in [3.63, 3.8) is 0 Å². The number of aromatic amines is 1. The van der Waals surface area contributed by atoms with Crippen LogP contribution in [0.15, 0.2) is 30.5 Å². The second-order valence-electron chi connectivity index (χ2n) is 5.93. The third-order valence-corrected chi connectivity index (χ3v) is 4.25. The Morgan fingerprint density at radius 3 is 2.64 bits per heavy atom. The van der Waals surface area contributed by atoms with Gasteiger partial charge in [0.05, 0.1) is 22.9 Å². The van der Waals surface area contributed by atoms with E-state index in [4.69, 9.17) is 5.26 Å². The van der Waals surface area contributed by atoms with Gasteiger partial charge in [-0.05, 0) is 37.1 Å². The van der Waals surface area contributed by atoms with E-state index in [1.165, 1.54) is 12.3 Å². The molecular formula is C18H17N5O2. The fraction of sp³-hybridized carbons (Fsp3) is 0.278. The maximum absolute atomic E-state index is 12.2. The summed E-state index contributed by atoms with van der Waals surface area (Å²) in [6.45, 7) is 1.39. The van der Waals surface area contributed by atoms with E-state index in [-0.39, 0.29) is 12.0 Å². The summed E-state index contributed by atoms with van der Waals surface area (Å²) >= 11 is 0. The molecular weight excluding hydrogens is 318 g/mol. The Labute approximate surface area is 145 Å². The van der Waals surface area contributed by atoms with Gasteiger partial charge in [-0.25, -0.2) is 0 Å². The van der Waals surface area contributed by atoms with Gasteiger partial charge in [-0.2, -0.15) is 10.5 Å². The van der Waals surface area contributed by atoms with Crippen LogP contribution in [0.1, 0.15) is 34.5 Å². The van der Waals surface area contributed by atoms with Crippen molar-refractivity contribution in [2.24, 2.45) is 0 Å².